The summed E-state index contributed by atoms with van der Waals surface area (Å²) in [6.07, 6.45) is 0.928. The van der Waals surface area contributed by atoms with Crippen LogP contribution in [0, 0.1) is 0 Å². The van der Waals surface area contributed by atoms with Gasteiger partial charge in [0.1, 0.15) is 6.10 Å². The summed E-state index contributed by atoms with van der Waals surface area (Å²) >= 11 is 0. The van der Waals surface area contributed by atoms with Crippen LogP contribution in [0.1, 0.15) is 33.1 Å². The molecule has 0 fully saturated rings. The molecule has 0 aromatic rings. The second-order valence-electron chi connectivity index (χ2n) is 3.30. The van der Waals surface area contributed by atoms with Crippen molar-refractivity contribution in [1.29, 1.82) is 0 Å². The Morgan fingerprint density at radius 2 is 2.13 bits per heavy atom. The van der Waals surface area contributed by atoms with Crippen molar-refractivity contribution in [3.63, 3.8) is 0 Å². The zero-order valence-electron chi connectivity index (χ0n) is 9.28. The lowest BCUT2D eigenvalue weighted by Crippen LogP contribution is -2.35. The molecule has 15 heavy (non-hydrogen) atoms. The number of hydrogen-bond donors (Lipinski definition) is 2. The maximum Gasteiger partial charge on any atom is 0.303 e. The Bertz CT molecular complexity index is 206. The third-order valence-corrected chi connectivity index (χ3v) is 1.81. The van der Waals surface area contributed by atoms with Crippen molar-refractivity contribution in [2.45, 2.75) is 39.2 Å². The van der Waals surface area contributed by atoms with E-state index in [1.54, 1.807) is 6.92 Å². The van der Waals surface area contributed by atoms with Gasteiger partial charge in [-0.3, -0.25) is 9.59 Å². The average Bonchev–Trinajstić information content (AvgIpc) is 2.20. The SMILES string of the molecule is CCCOC(C)C(=O)NCCCC(=O)O. The monoisotopic (exact) mass is 217 g/mol. The Morgan fingerprint density at radius 3 is 2.67 bits per heavy atom. The lowest BCUT2D eigenvalue weighted by Gasteiger charge is -2.12. The van der Waals surface area contributed by atoms with Gasteiger partial charge in [0.05, 0.1) is 0 Å². The van der Waals surface area contributed by atoms with Crippen molar-refractivity contribution < 1.29 is 19.4 Å². The number of ether oxygens (including phenoxy) is 1. The van der Waals surface area contributed by atoms with E-state index in [1.807, 2.05) is 6.92 Å². The first-order chi connectivity index (χ1) is 7.07. The quantitative estimate of drug-likeness (QED) is 0.589. The van der Waals surface area contributed by atoms with Gasteiger partial charge in [0.15, 0.2) is 0 Å². The van der Waals surface area contributed by atoms with E-state index in [0.717, 1.165) is 6.42 Å². The van der Waals surface area contributed by atoms with Crippen molar-refractivity contribution in [1.82, 2.24) is 5.32 Å². The largest absolute Gasteiger partial charge is 0.481 e. The standard InChI is InChI=1S/C10H19NO4/c1-3-7-15-8(2)10(14)11-6-4-5-9(12)13/h8H,3-7H2,1-2H3,(H,11,14)(H,12,13). The van der Waals surface area contributed by atoms with Gasteiger partial charge in [-0.05, 0) is 19.8 Å². The first kappa shape index (κ1) is 13.9. The molecular weight excluding hydrogens is 198 g/mol. The number of hydrogen-bond acceptors (Lipinski definition) is 3. The molecule has 0 aromatic carbocycles. The molecule has 0 aliphatic rings. The predicted molar refractivity (Wildman–Crippen MR) is 55.6 cm³/mol. The summed E-state index contributed by atoms with van der Waals surface area (Å²) in [6.45, 7) is 4.59. The van der Waals surface area contributed by atoms with E-state index in [2.05, 4.69) is 5.32 Å². The molecule has 5 heteroatoms. The minimum Gasteiger partial charge on any atom is -0.481 e. The summed E-state index contributed by atoms with van der Waals surface area (Å²) in [5.74, 6) is -1.03. The maximum atomic E-state index is 11.3. The Labute approximate surface area is 89.8 Å². The molecule has 2 N–H and O–H groups in total. The van der Waals surface area contributed by atoms with Crippen LogP contribution >= 0.6 is 0 Å². The van der Waals surface area contributed by atoms with Gasteiger partial charge in [-0.2, -0.15) is 0 Å². The number of nitrogens with one attached hydrogen (secondary N) is 1. The van der Waals surface area contributed by atoms with Gasteiger partial charge in [0.2, 0.25) is 5.91 Å². The van der Waals surface area contributed by atoms with Crippen molar-refractivity contribution >= 4 is 11.9 Å². The molecule has 1 amide bonds. The highest BCUT2D eigenvalue weighted by molar-refractivity contribution is 5.80. The van der Waals surface area contributed by atoms with Crippen LogP contribution in [0.4, 0.5) is 0 Å². The summed E-state index contributed by atoms with van der Waals surface area (Å²) in [4.78, 5) is 21.5. The van der Waals surface area contributed by atoms with Crippen LogP contribution in [0.5, 0.6) is 0 Å². The van der Waals surface area contributed by atoms with E-state index in [-0.39, 0.29) is 12.3 Å². The molecule has 0 rings (SSSR count). The fraction of sp³-hybridized carbons (Fsp3) is 0.800. The Hall–Kier alpha value is -1.10. The molecule has 0 aromatic heterocycles. The molecule has 0 saturated carbocycles. The fourth-order valence-corrected chi connectivity index (χ4v) is 0.965. The molecule has 0 bridgehead atoms. The van der Waals surface area contributed by atoms with Gasteiger partial charge in [0, 0.05) is 19.6 Å². The minimum absolute atomic E-state index is 0.0739. The molecule has 5 nitrogen and oxygen atoms in total. The Kier molecular flexibility index (Phi) is 7.62. The van der Waals surface area contributed by atoms with Gasteiger partial charge in [-0.1, -0.05) is 6.92 Å². The number of rotatable bonds is 8. The highest BCUT2D eigenvalue weighted by Crippen LogP contribution is 1.93. The number of carboxylic acids is 1. The van der Waals surface area contributed by atoms with Crippen molar-refractivity contribution in [2.75, 3.05) is 13.2 Å². The van der Waals surface area contributed by atoms with Crippen LogP contribution < -0.4 is 5.32 Å². The van der Waals surface area contributed by atoms with Gasteiger partial charge >= 0.3 is 5.97 Å². The smallest absolute Gasteiger partial charge is 0.303 e. The molecule has 1 unspecified atom stereocenters. The van der Waals surface area contributed by atoms with Crippen LogP contribution in [-0.2, 0) is 14.3 Å². The topological polar surface area (TPSA) is 75.6 Å². The zero-order valence-corrected chi connectivity index (χ0v) is 9.28. The number of carboxylic acid groups (broad SMARTS) is 1. The molecule has 0 spiro atoms. The second-order valence-corrected chi connectivity index (χ2v) is 3.30. The van der Waals surface area contributed by atoms with Crippen LogP contribution in [0.3, 0.4) is 0 Å². The van der Waals surface area contributed by atoms with E-state index in [1.165, 1.54) is 0 Å². The number of amides is 1. The maximum absolute atomic E-state index is 11.3. The number of carbonyl (C=O) groups excluding carboxylic acids is 1. The van der Waals surface area contributed by atoms with Crippen molar-refractivity contribution in [2.24, 2.45) is 0 Å². The highest BCUT2D eigenvalue weighted by Gasteiger charge is 2.11. The molecule has 0 radical (unpaired) electrons. The zero-order chi connectivity index (χ0) is 11.7. The minimum atomic E-state index is -0.848. The van der Waals surface area contributed by atoms with E-state index < -0.39 is 12.1 Å². The summed E-state index contributed by atoms with van der Waals surface area (Å²) in [5.41, 5.74) is 0. The van der Waals surface area contributed by atoms with E-state index >= 15 is 0 Å². The Morgan fingerprint density at radius 1 is 1.47 bits per heavy atom. The van der Waals surface area contributed by atoms with Crippen molar-refractivity contribution in [3.8, 4) is 0 Å². The molecule has 0 saturated heterocycles. The molecule has 0 heterocycles. The predicted octanol–water partition coefficient (Wildman–Crippen LogP) is 0.782. The van der Waals surface area contributed by atoms with Gasteiger partial charge < -0.3 is 15.2 Å². The number of aliphatic carboxylic acids is 1. The first-order valence-electron chi connectivity index (χ1n) is 5.19. The van der Waals surface area contributed by atoms with Gasteiger partial charge in [0.25, 0.3) is 0 Å². The van der Waals surface area contributed by atoms with Gasteiger partial charge in [-0.25, -0.2) is 0 Å². The summed E-state index contributed by atoms with van der Waals surface area (Å²) in [5, 5.41) is 11.0. The summed E-state index contributed by atoms with van der Waals surface area (Å²) in [7, 11) is 0. The Balaban J connectivity index is 3.51. The first-order valence-corrected chi connectivity index (χ1v) is 5.19. The fourth-order valence-electron chi connectivity index (χ4n) is 0.965. The average molecular weight is 217 g/mol. The van der Waals surface area contributed by atoms with Gasteiger partial charge in [-0.15, -0.1) is 0 Å². The molecule has 88 valence electrons. The molecule has 0 aliphatic heterocycles. The third-order valence-electron chi connectivity index (χ3n) is 1.81. The second kappa shape index (κ2) is 8.23. The van der Waals surface area contributed by atoms with Crippen LogP contribution in [-0.4, -0.2) is 36.2 Å². The lowest BCUT2D eigenvalue weighted by molar-refractivity contribution is -0.137. The summed E-state index contributed by atoms with van der Waals surface area (Å²) in [6, 6.07) is 0. The molecular formula is C10H19NO4. The normalized spacial score (nSPS) is 12.1. The van der Waals surface area contributed by atoms with Crippen LogP contribution in [0.25, 0.3) is 0 Å². The van der Waals surface area contributed by atoms with Crippen LogP contribution in [0.2, 0.25) is 0 Å². The third kappa shape index (κ3) is 7.93. The van der Waals surface area contributed by atoms with E-state index in [9.17, 15) is 9.59 Å². The molecule has 1 atom stereocenters. The highest BCUT2D eigenvalue weighted by atomic mass is 16.5. The lowest BCUT2D eigenvalue weighted by atomic mass is 10.3. The van der Waals surface area contributed by atoms with E-state index in [4.69, 9.17) is 9.84 Å². The van der Waals surface area contributed by atoms with E-state index in [0.29, 0.717) is 19.6 Å². The number of carbonyl (C=O) groups is 2. The molecule has 0 aliphatic carbocycles. The summed E-state index contributed by atoms with van der Waals surface area (Å²) < 4.78 is 5.20. The van der Waals surface area contributed by atoms with Crippen LogP contribution in [0.15, 0.2) is 0 Å². The van der Waals surface area contributed by atoms with Crippen molar-refractivity contribution in [3.05, 3.63) is 0 Å².